The van der Waals surface area contributed by atoms with Gasteiger partial charge in [-0.2, -0.15) is 0 Å². The van der Waals surface area contributed by atoms with Gasteiger partial charge in [0.25, 0.3) is 0 Å². The third-order valence-corrected chi connectivity index (χ3v) is 5.40. The van der Waals surface area contributed by atoms with Gasteiger partial charge in [0.15, 0.2) is 5.96 Å². The summed E-state index contributed by atoms with van der Waals surface area (Å²) < 4.78 is 16.1. The fourth-order valence-electron chi connectivity index (χ4n) is 3.58. The first-order valence-electron chi connectivity index (χ1n) is 10.2. The molecule has 2 aliphatic heterocycles. The lowest BCUT2D eigenvalue weighted by Gasteiger charge is -2.37. The summed E-state index contributed by atoms with van der Waals surface area (Å²) in [7, 11) is 3.37. The molecule has 0 radical (unpaired) electrons. The number of halogens is 1. The number of ether oxygens (including phenoxy) is 3. The topological polar surface area (TPSA) is 67.4 Å². The molecule has 0 aliphatic carbocycles. The van der Waals surface area contributed by atoms with Crippen molar-refractivity contribution in [3.8, 4) is 11.5 Å². The Morgan fingerprint density at radius 3 is 2.28 bits per heavy atom. The van der Waals surface area contributed by atoms with Crippen LogP contribution in [0.25, 0.3) is 0 Å². The Bertz CT molecular complexity index is 652. The zero-order valence-corrected chi connectivity index (χ0v) is 20.3. The van der Waals surface area contributed by atoms with Crippen LogP contribution in [-0.4, -0.2) is 65.6 Å². The van der Waals surface area contributed by atoms with Crippen LogP contribution in [-0.2, 0) is 4.74 Å². The SMILES string of the molecule is CCNC(=NCC1(C)COC1)NC1CCN(c2cc(OC)cc(OC)c2)CC1.I. The lowest BCUT2D eigenvalue weighted by Crippen LogP contribution is -2.49. The van der Waals surface area contributed by atoms with Crippen molar-refractivity contribution in [2.75, 3.05) is 58.5 Å². The van der Waals surface area contributed by atoms with E-state index in [2.05, 4.69) is 41.5 Å². The number of rotatable bonds is 7. The molecule has 7 nitrogen and oxygen atoms in total. The van der Waals surface area contributed by atoms with Crippen molar-refractivity contribution in [1.82, 2.24) is 10.6 Å². The van der Waals surface area contributed by atoms with Crippen LogP contribution in [0.15, 0.2) is 23.2 Å². The third kappa shape index (κ3) is 6.53. The number of guanidine groups is 1. The maximum Gasteiger partial charge on any atom is 0.191 e. The average Bonchev–Trinajstić information content (AvgIpc) is 2.70. The van der Waals surface area contributed by atoms with Crippen LogP contribution in [0.3, 0.4) is 0 Å². The van der Waals surface area contributed by atoms with Crippen molar-refractivity contribution in [3.05, 3.63) is 18.2 Å². The van der Waals surface area contributed by atoms with Crippen LogP contribution < -0.4 is 25.0 Å². The van der Waals surface area contributed by atoms with Crippen molar-refractivity contribution in [3.63, 3.8) is 0 Å². The number of anilines is 1. The Balaban J connectivity index is 0.00000300. The minimum Gasteiger partial charge on any atom is -0.497 e. The van der Waals surface area contributed by atoms with Gasteiger partial charge in [-0.25, -0.2) is 0 Å². The highest BCUT2D eigenvalue weighted by atomic mass is 127. The number of benzene rings is 1. The molecule has 2 N–H and O–H groups in total. The number of nitrogens with zero attached hydrogens (tertiary/aromatic N) is 2. The van der Waals surface area contributed by atoms with Crippen LogP contribution in [0.4, 0.5) is 5.69 Å². The average molecular weight is 518 g/mol. The summed E-state index contributed by atoms with van der Waals surface area (Å²) in [4.78, 5) is 7.18. The summed E-state index contributed by atoms with van der Waals surface area (Å²) in [6, 6.07) is 6.48. The summed E-state index contributed by atoms with van der Waals surface area (Å²) >= 11 is 0. The van der Waals surface area contributed by atoms with Gasteiger partial charge in [0.2, 0.25) is 0 Å². The molecule has 0 atom stereocenters. The smallest absolute Gasteiger partial charge is 0.191 e. The second-order valence-electron chi connectivity index (χ2n) is 7.98. The summed E-state index contributed by atoms with van der Waals surface area (Å²) in [5, 5.41) is 6.99. The molecular weight excluding hydrogens is 483 g/mol. The van der Waals surface area contributed by atoms with Crippen LogP contribution >= 0.6 is 24.0 Å². The monoisotopic (exact) mass is 518 g/mol. The first-order chi connectivity index (χ1) is 13.5. The summed E-state index contributed by atoms with van der Waals surface area (Å²) in [5.41, 5.74) is 1.34. The molecule has 0 amide bonds. The maximum absolute atomic E-state index is 5.41. The Kier molecular flexibility index (Phi) is 9.13. The normalized spacial score (nSPS) is 19.0. The molecular formula is C21H35IN4O3. The van der Waals surface area contributed by atoms with Crippen LogP contribution in [0.2, 0.25) is 0 Å². The van der Waals surface area contributed by atoms with E-state index in [1.165, 1.54) is 0 Å². The Morgan fingerprint density at radius 1 is 1.17 bits per heavy atom. The van der Waals surface area contributed by atoms with Gasteiger partial charge in [-0.1, -0.05) is 6.92 Å². The molecule has 0 bridgehead atoms. The fraction of sp³-hybridized carbons (Fsp3) is 0.667. The van der Waals surface area contributed by atoms with Gasteiger partial charge in [-0.05, 0) is 19.8 Å². The number of piperidine rings is 1. The molecule has 0 unspecified atom stereocenters. The zero-order chi connectivity index (χ0) is 20.0. The van der Waals surface area contributed by atoms with Crippen LogP contribution in [0.1, 0.15) is 26.7 Å². The molecule has 2 fully saturated rings. The molecule has 2 aliphatic rings. The van der Waals surface area contributed by atoms with Crippen molar-refractivity contribution in [1.29, 1.82) is 0 Å². The van der Waals surface area contributed by atoms with E-state index in [4.69, 9.17) is 19.2 Å². The number of aliphatic imine (C=N–C) groups is 1. The highest BCUT2D eigenvalue weighted by Gasteiger charge is 2.33. The molecule has 2 heterocycles. The molecule has 1 aromatic carbocycles. The first-order valence-corrected chi connectivity index (χ1v) is 10.2. The zero-order valence-electron chi connectivity index (χ0n) is 18.0. The largest absolute Gasteiger partial charge is 0.497 e. The second-order valence-corrected chi connectivity index (χ2v) is 7.98. The van der Waals surface area contributed by atoms with Crippen molar-refractivity contribution in [2.24, 2.45) is 10.4 Å². The summed E-state index contributed by atoms with van der Waals surface area (Å²) in [6.45, 7) is 9.56. The minimum absolute atomic E-state index is 0. The van der Waals surface area contributed by atoms with Crippen molar-refractivity contribution in [2.45, 2.75) is 32.7 Å². The summed E-state index contributed by atoms with van der Waals surface area (Å²) in [6.07, 6.45) is 2.12. The van der Waals surface area contributed by atoms with E-state index in [0.29, 0.717) is 6.04 Å². The van der Waals surface area contributed by atoms with E-state index in [1.54, 1.807) is 14.2 Å². The number of hydrogen-bond acceptors (Lipinski definition) is 5. The third-order valence-electron chi connectivity index (χ3n) is 5.40. The van der Waals surface area contributed by atoms with E-state index in [-0.39, 0.29) is 29.4 Å². The maximum atomic E-state index is 5.41. The van der Waals surface area contributed by atoms with Crippen molar-refractivity contribution < 1.29 is 14.2 Å². The molecule has 3 rings (SSSR count). The number of methoxy groups -OCH3 is 2. The van der Waals surface area contributed by atoms with E-state index >= 15 is 0 Å². The van der Waals surface area contributed by atoms with E-state index in [0.717, 1.165) is 75.4 Å². The van der Waals surface area contributed by atoms with Gasteiger partial charge >= 0.3 is 0 Å². The van der Waals surface area contributed by atoms with Crippen LogP contribution in [0.5, 0.6) is 11.5 Å². The van der Waals surface area contributed by atoms with Gasteiger partial charge in [0, 0.05) is 55.0 Å². The van der Waals surface area contributed by atoms with Gasteiger partial charge < -0.3 is 29.7 Å². The second kappa shape index (κ2) is 11.1. The fourth-order valence-corrected chi connectivity index (χ4v) is 3.58. The molecule has 0 saturated carbocycles. The highest BCUT2D eigenvalue weighted by Crippen LogP contribution is 2.30. The van der Waals surface area contributed by atoms with Gasteiger partial charge in [0.1, 0.15) is 11.5 Å². The number of nitrogens with one attached hydrogen (secondary N) is 2. The predicted octanol–water partition coefficient (Wildman–Crippen LogP) is 2.88. The molecule has 0 spiro atoms. The molecule has 2 saturated heterocycles. The van der Waals surface area contributed by atoms with Gasteiger partial charge in [-0.3, -0.25) is 4.99 Å². The summed E-state index contributed by atoms with van der Waals surface area (Å²) in [5.74, 6) is 2.56. The molecule has 1 aromatic rings. The molecule has 164 valence electrons. The minimum atomic E-state index is 0. The highest BCUT2D eigenvalue weighted by molar-refractivity contribution is 14.0. The quantitative estimate of drug-likeness (QED) is 0.329. The molecule has 8 heteroatoms. The van der Waals surface area contributed by atoms with Crippen LogP contribution in [0, 0.1) is 5.41 Å². The Morgan fingerprint density at radius 2 is 1.79 bits per heavy atom. The lowest BCUT2D eigenvalue weighted by atomic mass is 9.89. The standard InChI is InChI=1S/C21H34N4O3.HI/c1-5-22-20(23-13-21(2)14-28-15-21)24-16-6-8-25(9-7-16)17-10-18(26-3)12-19(11-17)27-4;/h10-12,16H,5-9,13-15H2,1-4H3,(H2,22,23,24);1H. The first kappa shape index (κ1) is 23.9. The molecule has 29 heavy (non-hydrogen) atoms. The van der Waals surface area contributed by atoms with Gasteiger partial charge in [-0.15, -0.1) is 24.0 Å². The predicted molar refractivity (Wildman–Crippen MR) is 128 cm³/mol. The van der Waals surface area contributed by atoms with Gasteiger partial charge in [0.05, 0.1) is 34.0 Å². The Labute approximate surface area is 191 Å². The van der Waals surface area contributed by atoms with E-state index in [1.807, 2.05) is 6.07 Å². The molecule has 0 aromatic heterocycles. The number of hydrogen-bond donors (Lipinski definition) is 2. The lowest BCUT2D eigenvalue weighted by molar-refractivity contribution is -0.0945. The van der Waals surface area contributed by atoms with Crippen molar-refractivity contribution >= 4 is 35.6 Å². The Hall–Kier alpha value is -1.42. The van der Waals surface area contributed by atoms with E-state index in [9.17, 15) is 0 Å². The van der Waals surface area contributed by atoms with E-state index < -0.39 is 0 Å².